The number of halogens is 3. The Morgan fingerprint density at radius 1 is 1.39 bits per heavy atom. The Morgan fingerprint density at radius 2 is 2.04 bits per heavy atom. The monoisotopic (exact) mass is 334 g/mol. The number of hydrogen-bond donors (Lipinski definition) is 2. The van der Waals surface area contributed by atoms with Gasteiger partial charge in [0.15, 0.2) is 5.69 Å². The van der Waals surface area contributed by atoms with Gasteiger partial charge in [-0.3, -0.25) is 4.79 Å². The molecule has 1 saturated heterocycles. The molecular weight excluding hydrogens is 317 g/mol. The fourth-order valence-corrected chi connectivity index (χ4v) is 2.36. The van der Waals surface area contributed by atoms with E-state index in [-0.39, 0.29) is 31.3 Å². The van der Waals surface area contributed by atoms with Crippen LogP contribution in [0.15, 0.2) is 6.07 Å². The Morgan fingerprint density at radius 3 is 2.52 bits per heavy atom. The van der Waals surface area contributed by atoms with Gasteiger partial charge in [-0.1, -0.05) is 0 Å². The lowest BCUT2D eigenvalue weighted by atomic mass is 9.94. The smallest absolute Gasteiger partial charge is 0.433 e. The maximum atomic E-state index is 13.0. The van der Waals surface area contributed by atoms with Crippen LogP contribution >= 0.6 is 0 Å². The molecule has 0 saturated carbocycles. The number of β-amino-alcohol motifs (C(OH)–C–C–N with tert-alkyl or cyclic N) is 1. The van der Waals surface area contributed by atoms with Crippen LogP contribution in [-0.2, 0) is 11.0 Å². The number of aromatic nitrogens is 2. The van der Waals surface area contributed by atoms with E-state index in [1.807, 2.05) is 0 Å². The zero-order valence-electron chi connectivity index (χ0n) is 12.6. The Kier molecular flexibility index (Phi) is 4.64. The average Bonchev–Trinajstić information content (AvgIpc) is 2.45. The summed E-state index contributed by atoms with van der Waals surface area (Å²) in [5.74, 6) is -2.14. The van der Waals surface area contributed by atoms with Gasteiger partial charge in [-0.2, -0.15) is 18.2 Å². The molecule has 0 spiro atoms. The standard InChI is InChI=1S/C13H17F3N4O3/c1-19(2)12-17-9(13(14,15)16)5-10(18-12)20-4-3-7(11(22)23)8(21)6-20/h5,7-8,21H,3-4,6H2,1-2H3,(H,22,23)/t7-,8+/m0/s1. The number of hydrogen-bond acceptors (Lipinski definition) is 6. The lowest BCUT2D eigenvalue weighted by molar-refractivity contribution is -0.146. The predicted molar refractivity (Wildman–Crippen MR) is 75.3 cm³/mol. The number of rotatable bonds is 3. The van der Waals surface area contributed by atoms with Gasteiger partial charge in [0.2, 0.25) is 5.95 Å². The van der Waals surface area contributed by atoms with E-state index in [1.54, 1.807) is 0 Å². The lowest BCUT2D eigenvalue weighted by Crippen LogP contribution is -2.47. The minimum Gasteiger partial charge on any atom is -0.481 e. The summed E-state index contributed by atoms with van der Waals surface area (Å²) in [5, 5.41) is 18.9. The van der Waals surface area contributed by atoms with Crippen molar-refractivity contribution in [2.24, 2.45) is 5.92 Å². The number of anilines is 2. The zero-order chi connectivity index (χ0) is 17.4. The summed E-state index contributed by atoms with van der Waals surface area (Å²) in [7, 11) is 3.04. The molecule has 0 unspecified atom stereocenters. The van der Waals surface area contributed by atoms with Crippen molar-refractivity contribution in [1.82, 2.24) is 9.97 Å². The van der Waals surface area contributed by atoms with E-state index in [2.05, 4.69) is 9.97 Å². The molecule has 1 aromatic rings. The third kappa shape index (κ3) is 3.81. The van der Waals surface area contributed by atoms with Crippen molar-refractivity contribution in [2.45, 2.75) is 18.7 Å². The van der Waals surface area contributed by atoms with Crippen molar-refractivity contribution in [3.8, 4) is 0 Å². The number of aliphatic carboxylic acids is 1. The van der Waals surface area contributed by atoms with Gasteiger partial charge in [0.1, 0.15) is 5.82 Å². The van der Waals surface area contributed by atoms with Gasteiger partial charge in [-0.15, -0.1) is 0 Å². The fraction of sp³-hybridized carbons (Fsp3) is 0.615. The molecule has 0 aromatic carbocycles. The van der Waals surface area contributed by atoms with E-state index in [4.69, 9.17) is 5.11 Å². The fourth-order valence-electron chi connectivity index (χ4n) is 2.36. The summed E-state index contributed by atoms with van der Waals surface area (Å²) in [6.45, 7) is 0.0906. The van der Waals surface area contributed by atoms with E-state index in [9.17, 15) is 23.1 Å². The first kappa shape index (κ1) is 17.3. The van der Waals surface area contributed by atoms with Gasteiger partial charge in [0.05, 0.1) is 12.0 Å². The van der Waals surface area contributed by atoms with Crippen LogP contribution < -0.4 is 9.80 Å². The molecule has 0 bridgehead atoms. The Balaban J connectivity index is 2.32. The highest BCUT2D eigenvalue weighted by Crippen LogP contribution is 2.32. The molecule has 2 rings (SSSR count). The first-order valence-electron chi connectivity index (χ1n) is 6.89. The predicted octanol–water partition coefficient (Wildman–Crippen LogP) is 0.833. The second-order valence-electron chi connectivity index (χ2n) is 5.55. The molecule has 23 heavy (non-hydrogen) atoms. The van der Waals surface area contributed by atoms with Crippen molar-refractivity contribution in [3.63, 3.8) is 0 Å². The molecule has 1 fully saturated rings. The molecule has 0 radical (unpaired) electrons. The van der Waals surface area contributed by atoms with Crippen molar-refractivity contribution >= 4 is 17.7 Å². The molecule has 1 aliphatic heterocycles. The molecule has 128 valence electrons. The number of carboxylic acids is 1. The molecule has 7 nitrogen and oxygen atoms in total. The van der Waals surface area contributed by atoms with Gasteiger partial charge in [0.25, 0.3) is 0 Å². The number of aliphatic hydroxyl groups is 1. The Hall–Kier alpha value is -2.10. The van der Waals surface area contributed by atoms with E-state index < -0.39 is 29.9 Å². The van der Waals surface area contributed by atoms with E-state index in [1.165, 1.54) is 23.9 Å². The number of piperidine rings is 1. The highest BCUT2D eigenvalue weighted by Gasteiger charge is 2.37. The summed E-state index contributed by atoms with van der Waals surface area (Å²) in [4.78, 5) is 21.3. The number of nitrogens with zero attached hydrogens (tertiary/aromatic N) is 4. The number of alkyl halides is 3. The minimum atomic E-state index is -4.62. The molecule has 1 aliphatic rings. The van der Waals surface area contributed by atoms with Crippen LogP contribution in [0.2, 0.25) is 0 Å². The van der Waals surface area contributed by atoms with Crippen LogP contribution in [-0.4, -0.2) is 59.4 Å². The van der Waals surface area contributed by atoms with Crippen LogP contribution in [0.3, 0.4) is 0 Å². The van der Waals surface area contributed by atoms with Crippen LogP contribution in [0.1, 0.15) is 12.1 Å². The van der Waals surface area contributed by atoms with E-state index in [0.717, 1.165) is 6.07 Å². The van der Waals surface area contributed by atoms with Gasteiger partial charge < -0.3 is 20.0 Å². The molecule has 2 atom stereocenters. The largest absolute Gasteiger partial charge is 0.481 e. The van der Waals surface area contributed by atoms with Crippen LogP contribution in [0, 0.1) is 5.92 Å². The maximum Gasteiger partial charge on any atom is 0.433 e. The molecule has 0 amide bonds. The number of carboxylic acid groups (broad SMARTS) is 1. The second-order valence-corrected chi connectivity index (χ2v) is 5.55. The van der Waals surface area contributed by atoms with Gasteiger partial charge >= 0.3 is 12.1 Å². The first-order chi connectivity index (χ1) is 10.6. The number of carbonyl (C=O) groups is 1. The van der Waals surface area contributed by atoms with Crippen molar-refractivity contribution < 1.29 is 28.2 Å². The summed E-state index contributed by atoms with van der Waals surface area (Å²) < 4.78 is 38.9. The van der Waals surface area contributed by atoms with Crippen molar-refractivity contribution in [2.75, 3.05) is 37.0 Å². The summed E-state index contributed by atoms with van der Waals surface area (Å²) in [6.07, 6.45) is -5.67. The van der Waals surface area contributed by atoms with Gasteiger partial charge in [0, 0.05) is 33.3 Å². The minimum absolute atomic E-state index is 0.0129. The third-order valence-corrected chi connectivity index (χ3v) is 3.61. The second kappa shape index (κ2) is 6.19. The van der Waals surface area contributed by atoms with Gasteiger partial charge in [-0.05, 0) is 6.42 Å². The summed E-state index contributed by atoms with van der Waals surface area (Å²) in [5.41, 5.74) is -1.08. The van der Waals surface area contributed by atoms with Crippen LogP contribution in [0.25, 0.3) is 0 Å². The highest BCUT2D eigenvalue weighted by atomic mass is 19.4. The lowest BCUT2D eigenvalue weighted by Gasteiger charge is -2.35. The SMILES string of the molecule is CN(C)c1nc(N2CC[C@H](C(=O)O)[C@H](O)C2)cc(C(F)(F)F)n1. The molecule has 2 N–H and O–H groups in total. The summed E-state index contributed by atoms with van der Waals surface area (Å²) >= 11 is 0. The molecular formula is C13H17F3N4O3. The van der Waals surface area contributed by atoms with Gasteiger partial charge in [-0.25, -0.2) is 4.98 Å². The normalized spacial score (nSPS) is 22.1. The highest BCUT2D eigenvalue weighted by molar-refractivity contribution is 5.71. The number of aliphatic hydroxyl groups excluding tert-OH is 1. The van der Waals surface area contributed by atoms with Crippen LogP contribution in [0.5, 0.6) is 0 Å². The molecule has 10 heteroatoms. The molecule has 2 heterocycles. The topological polar surface area (TPSA) is 89.8 Å². The summed E-state index contributed by atoms with van der Waals surface area (Å²) in [6, 6.07) is 0.806. The Bertz CT molecular complexity index is 594. The zero-order valence-corrected chi connectivity index (χ0v) is 12.6. The molecule has 0 aliphatic carbocycles. The Labute approximate surface area is 130 Å². The van der Waals surface area contributed by atoms with Crippen LogP contribution in [0.4, 0.5) is 24.9 Å². The average molecular weight is 334 g/mol. The van der Waals surface area contributed by atoms with Crippen molar-refractivity contribution in [3.05, 3.63) is 11.8 Å². The van der Waals surface area contributed by atoms with Crippen molar-refractivity contribution in [1.29, 1.82) is 0 Å². The maximum absolute atomic E-state index is 13.0. The molecule has 1 aromatic heterocycles. The third-order valence-electron chi connectivity index (χ3n) is 3.61. The quantitative estimate of drug-likeness (QED) is 0.846. The first-order valence-corrected chi connectivity index (χ1v) is 6.89. The van der Waals surface area contributed by atoms with E-state index >= 15 is 0 Å². The van der Waals surface area contributed by atoms with E-state index in [0.29, 0.717) is 0 Å².